The fourth-order valence-electron chi connectivity index (χ4n) is 2.66. The molecule has 0 aliphatic heterocycles. The molecule has 1 N–H and O–H groups in total. The van der Waals surface area contributed by atoms with Crippen LogP contribution in [-0.4, -0.2) is 13.7 Å². The van der Waals surface area contributed by atoms with E-state index in [1.807, 2.05) is 24.3 Å². The summed E-state index contributed by atoms with van der Waals surface area (Å²) < 4.78 is 10.9. The fraction of sp³-hybridized carbons (Fsp3) is 0.381. The molecule has 4 nitrogen and oxygen atoms in total. The van der Waals surface area contributed by atoms with Gasteiger partial charge in [-0.15, -0.1) is 0 Å². The second-order valence-corrected chi connectivity index (χ2v) is 5.87. The van der Waals surface area contributed by atoms with E-state index in [-0.39, 0.29) is 0 Å². The van der Waals surface area contributed by atoms with Crippen LogP contribution in [-0.2, 0) is 6.54 Å². The normalized spacial score (nSPS) is 11.6. The summed E-state index contributed by atoms with van der Waals surface area (Å²) >= 11 is 0. The lowest BCUT2D eigenvalue weighted by Crippen LogP contribution is -2.20. The number of nitrogens with one attached hydrogen (secondary N) is 1. The number of methoxy groups -OCH3 is 1. The number of rotatable bonds is 10. The molecule has 0 heterocycles. The molecule has 1 unspecified atom stereocenters. The quantitative estimate of drug-likeness (QED) is 0.642. The summed E-state index contributed by atoms with van der Waals surface area (Å²) in [5.74, 6) is 1.73. The van der Waals surface area contributed by atoms with Crippen LogP contribution in [0.2, 0.25) is 0 Å². The maximum absolute atomic E-state index is 8.56. The van der Waals surface area contributed by atoms with Gasteiger partial charge in [0.2, 0.25) is 0 Å². The van der Waals surface area contributed by atoms with Crippen molar-refractivity contribution in [2.24, 2.45) is 0 Å². The van der Waals surface area contributed by atoms with Crippen LogP contribution in [0.15, 0.2) is 48.5 Å². The highest BCUT2D eigenvalue weighted by Crippen LogP contribution is 2.21. The number of ether oxygens (including phenoxy) is 2. The second-order valence-electron chi connectivity index (χ2n) is 5.87. The van der Waals surface area contributed by atoms with Gasteiger partial charge in [0.15, 0.2) is 0 Å². The first kappa shape index (κ1) is 18.8. The molecule has 2 rings (SSSR count). The number of hydrogen-bond acceptors (Lipinski definition) is 4. The first-order valence-corrected chi connectivity index (χ1v) is 8.72. The topological polar surface area (TPSA) is 54.3 Å². The Morgan fingerprint density at radius 3 is 2.60 bits per heavy atom. The van der Waals surface area contributed by atoms with E-state index in [2.05, 4.69) is 42.6 Å². The minimum absolute atomic E-state index is 0.297. The first-order chi connectivity index (χ1) is 12.3. The van der Waals surface area contributed by atoms with Crippen molar-refractivity contribution in [3.8, 4) is 17.6 Å². The molecular formula is C21H26N2O2. The van der Waals surface area contributed by atoms with E-state index in [0.29, 0.717) is 19.1 Å². The van der Waals surface area contributed by atoms with E-state index >= 15 is 0 Å². The highest BCUT2D eigenvalue weighted by molar-refractivity contribution is 5.30. The molecule has 0 saturated heterocycles. The van der Waals surface area contributed by atoms with E-state index < -0.39 is 0 Å². The maximum Gasteiger partial charge on any atom is 0.119 e. The molecule has 0 aliphatic carbocycles. The van der Waals surface area contributed by atoms with Gasteiger partial charge in [-0.25, -0.2) is 0 Å². The van der Waals surface area contributed by atoms with E-state index in [1.165, 1.54) is 11.1 Å². The molecule has 25 heavy (non-hydrogen) atoms. The van der Waals surface area contributed by atoms with Gasteiger partial charge in [0.1, 0.15) is 11.5 Å². The van der Waals surface area contributed by atoms with E-state index in [9.17, 15) is 0 Å². The van der Waals surface area contributed by atoms with Crippen LogP contribution in [0.1, 0.15) is 43.4 Å². The molecule has 1 atom stereocenters. The highest BCUT2D eigenvalue weighted by atomic mass is 16.5. The first-order valence-electron chi connectivity index (χ1n) is 8.72. The smallest absolute Gasteiger partial charge is 0.119 e. The zero-order chi connectivity index (χ0) is 17.9. The minimum atomic E-state index is 0.297. The Morgan fingerprint density at radius 2 is 1.92 bits per heavy atom. The van der Waals surface area contributed by atoms with Crippen LogP contribution < -0.4 is 14.8 Å². The lowest BCUT2D eigenvalue weighted by Gasteiger charge is -2.18. The van der Waals surface area contributed by atoms with E-state index in [0.717, 1.165) is 30.9 Å². The van der Waals surface area contributed by atoms with Crippen molar-refractivity contribution in [3.05, 3.63) is 59.7 Å². The van der Waals surface area contributed by atoms with Crippen molar-refractivity contribution >= 4 is 0 Å². The summed E-state index contributed by atoms with van der Waals surface area (Å²) in [5, 5.41) is 12.2. The fourth-order valence-corrected chi connectivity index (χ4v) is 2.66. The third-order valence-corrected chi connectivity index (χ3v) is 4.08. The molecule has 0 bridgehead atoms. The van der Waals surface area contributed by atoms with Crippen molar-refractivity contribution in [2.75, 3.05) is 13.7 Å². The Balaban J connectivity index is 1.90. The lowest BCUT2D eigenvalue weighted by atomic mass is 10.0. The number of benzene rings is 2. The molecule has 132 valence electrons. The molecular weight excluding hydrogens is 312 g/mol. The largest absolute Gasteiger partial charge is 0.497 e. The highest BCUT2D eigenvalue weighted by Gasteiger charge is 2.09. The zero-order valence-corrected chi connectivity index (χ0v) is 15.0. The van der Waals surface area contributed by atoms with Crippen molar-refractivity contribution < 1.29 is 9.47 Å². The van der Waals surface area contributed by atoms with Gasteiger partial charge in [-0.05, 0) is 48.2 Å². The van der Waals surface area contributed by atoms with Gasteiger partial charge in [0.25, 0.3) is 0 Å². The van der Waals surface area contributed by atoms with Gasteiger partial charge in [0.05, 0.1) is 19.8 Å². The van der Waals surface area contributed by atoms with Gasteiger partial charge in [-0.3, -0.25) is 0 Å². The minimum Gasteiger partial charge on any atom is -0.497 e. The monoisotopic (exact) mass is 338 g/mol. The molecule has 0 fully saturated rings. The third kappa shape index (κ3) is 6.13. The van der Waals surface area contributed by atoms with Gasteiger partial charge in [-0.1, -0.05) is 31.2 Å². The molecule has 0 radical (unpaired) electrons. The Kier molecular flexibility index (Phi) is 7.81. The van der Waals surface area contributed by atoms with E-state index in [4.69, 9.17) is 14.7 Å². The van der Waals surface area contributed by atoms with Gasteiger partial charge in [0, 0.05) is 19.0 Å². The molecule has 0 aromatic heterocycles. The molecule has 2 aromatic rings. The summed E-state index contributed by atoms with van der Waals surface area (Å²) in [4.78, 5) is 0. The zero-order valence-electron chi connectivity index (χ0n) is 15.0. The summed E-state index contributed by atoms with van der Waals surface area (Å²) in [7, 11) is 1.68. The number of hydrogen-bond donors (Lipinski definition) is 1. The molecule has 0 saturated carbocycles. The van der Waals surface area contributed by atoms with Gasteiger partial charge < -0.3 is 14.8 Å². The predicted molar refractivity (Wildman–Crippen MR) is 99.6 cm³/mol. The molecule has 0 amide bonds. The summed E-state index contributed by atoms with van der Waals surface area (Å²) in [6.07, 6.45) is 2.30. The third-order valence-electron chi connectivity index (χ3n) is 4.08. The van der Waals surface area contributed by atoms with Crippen LogP contribution >= 0.6 is 0 Å². The molecule has 4 heteroatoms. The van der Waals surface area contributed by atoms with Crippen molar-refractivity contribution in [1.29, 1.82) is 5.26 Å². The van der Waals surface area contributed by atoms with Crippen molar-refractivity contribution in [3.63, 3.8) is 0 Å². The number of nitrogens with zero attached hydrogens (tertiary/aromatic N) is 1. The molecule has 0 aliphatic rings. The summed E-state index contributed by atoms with van der Waals surface area (Å²) in [5.41, 5.74) is 2.44. The van der Waals surface area contributed by atoms with Crippen LogP contribution in [0, 0.1) is 11.3 Å². The predicted octanol–water partition coefficient (Wildman–Crippen LogP) is 4.62. The van der Waals surface area contributed by atoms with Gasteiger partial charge >= 0.3 is 0 Å². The lowest BCUT2D eigenvalue weighted by molar-refractivity contribution is 0.312. The van der Waals surface area contributed by atoms with Crippen molar-refractivity contribution in [2.45, 2.75) is 38.8 Å². The van der Waals surface area contributed by atoms with E-state index in [1.54, 1.807) is 7.11 Å². The van der Waals surface area contributed by atoms with Crippen molar-refractivity contribution in [1.82, 2.24) is 5.32 Å². The average molecular weight is 338 g/mol. The Labute approximate surface area is 150 Å². The Morgan fingerprint density at radius 1 is 1.12 bits per heavy atom. The van der Waals surface area contributed by atoms with Crippen LogP contribution in [0.3, 0.4) is 0 Å². The average Bonchev–Trinajstić information content (AvgIpc) is 2.66. The Bertz CT molecular complexity index is 677. The number of nitriles is 1. The molecule has 2 aromatic carbocycles. The second kappa shape index (κ2) is 10.4. The molecule has 0 spiro atoms. The SMILES string of the molecule is CCC(NCc1cccc(OCCCC#N)c1)c1ccc(OC)cc1. The standard InChI is InChI=1S/C21H26N2O2/c1-3-21(18-9-11-19(24-2)12-10-18)23-16-17-7-6-8-20(15-17)25-14-5-4-13-22/h6-12,15,21,23H,3-5,14,16H2,1-2H3. The number of unbranched alkanes of at least 4 members (excludes halogenated alkanes) is 1. The summed E-state index contributed by atoms with van der Waals surface area (Å²) in [6, 6.07) is 18.7. The summed E-state index contributed by atoms with van der Waals surface area (Å²) in [6.45, 7) is 3.53. The maximum atomic E-state index is 8.56. The van der Waals surface area contributed by atoms with Crippen LogP contribution in [0.4, 0.5) is 0 Å². The van der Waals surface area contributed by atoms with Gasteiger partial charge in [-0.2, -0.15) is 5.26 Å². The van der Waals surface area contributed by atoms with Crippen LogP contribution in [0.25, 0.3) is 0 Å². The Hall–Kier alpha value is -2.51. The van der Waals surface area contributed by atoms with Crippen LogP contribution in [0.5, 0.6) is 11.5 Å².